The SMILES string of the molecule is CC(C)[C@](NCc1cccnc1)(C(=O)NO)S(=O)(=O)c1ccc(Oc2ccccc2)cc1. The number of amides is 1. The van der Waals surface area contributed by atoms with E-state index in [9.17, 15) is 18.4 Å². The quantitative estimate of drug-likeness (QED) is 0.335. The van der Waals surface area contributed by atoms with E-state index in [0.29, 0.717) is 17.1 Å². The van der Waals surface area contributed by atoms with Gasteiger partial charge in [0, 0.05) is 18.9 Å². The molecule has 0 saturated heterocycles. The lowest BCUT2D eigenvalue weighted by Crippen LogP contribution is -2.64. The minimum atomic E-state index is -4.29. The van der Waals surface area contributed by atoms with E-state index in [1.807, 2.05) is 18.2 Å². The van der Waals surface area contributed by atoms with Crippen molar-refractivity contribution in [3.05, 3.63) is 84.7 Å². The number of para-hydroxylation sites is 1. The molecule has 3 N–H and O–H groups in total. The first-order valence-corrected chi connectivity index (χ1v) is 11.5. The average Bonchev–Trinajstić information content (AvgIpc) is 2.80. The molecule has 0 fully saturated rings. The van der Waals surface area contributed by atoms with Crippen LogP contribution in [0, 0.1) is 5.92 Å². The van der Waals surface area contributed by atoms with Crippen LogP contribution in [0.5, 0.6) is 11.5 Å². The third kappa shape index (κ3) is 4.64. The monoisotopic (exact) mass is 455 g/mol. The van der Waals surface area contributed by atoms with Gasteiger partial charge in [-0.05, 0) is 53.9 Å². The zero-order valence-corrected chi connectivity index (χ0v) is 18.5. The maximum atomic E-state index is 13.7. The van der Waals surface area contributed by atoms with Crippen LogP contribution in [0.25, 0.3) is 0 Å². The highest BCUT2D eigenvalue weighted by molar-refractivity contribution is 7.93. The number of hydrogen-bond acceptors (Lipinski definition) is 7. The number of sulfone groups is 1. The smallest absolute Gasteiger partial charge is 0.280 e. The van der Waals surface area contributed by atoms with Gasteiger partial charge >= 0.3 is 0 Å². The molecule has 0 saturated carbocycles. The summed E-state index contributed by atoms with van der Waals surface area (Å²) in [5.41, 5.74) is 2.21. The van der Waals surface area contributed by atoms with Gasteiger partial charge in [0.2, 0.25) is 14.7 Å². The largest absolute Gasteiger partial charge is 0.457 e. The van der Waals surface area contributed by atoms with E-state index in [1.54, 1.807) is 50.5 Å². The van der Waals surface area contributed by atoms with Crippen molar-refractivity contribution in [3.8, 4) is 11.5 Å². The van der Waals surface area contributed by atoms with Crippen molar-refractivity contribution in [2.45, 2.75) is 30.2 Å². The Balaban J connectivity index is 1.96. The van der Waals surface area contributed by atoms with Crippen LogP contribution in [0.2, 0.25) is 0 Å². The van der Waals surface area contributed by atoms with Crippen molar-refractivity contribution in [3.63, 3.8) is 0 Å². The molecule has 1 atom stereocenters. The number of pyridine rings is 1. The maximum absolute atomic E-state index is 13.7. The van der Waals surface area contributed by atoms with Crippen molar-refractivity contribution < 1.29 is 23.2 Å². The summed E-state index contributed by atoms with van der Waals surface area (Å²) in [5.74, 6) is -0.741. The first-order valence-electron chi connectivity index (χ1n) is 9.97. The molecule has 0 aliphatic carbocycles. The van der Waals surface area contributed by atoms with Crippen molar-refractivity contribution in [1.82, 2.24) is 15.8 Å². The third-order valence-electron chi connectivity index (χ3n) is 5.07. The van der Waals surface area contributed by atoms with Crippen LogP contribution in [0.15, 0.2) is 84.0 Å². The highest BCUT2D eigenvalue weighted by Gasteiger charge is 2.53. The van der Waals surface area contributed by atoms with E-state index < -0.39 is 26.5 Å². The fourth-order valence-corrected chi connectivity index (χ4v) is 5.43. The van der Waals surface area contributed by atoms with Gasteiger partial charge in [0.1, 0.15) is 11.5 Å². The first-order chi connectivity index (χ1) is 15.3. The molecule has 3 rings (SSSR count). The van der Waals surface area contributed by atoms with E-state index in [2.05, 4.69) is 10.3 Å². The molecule has 0 radical (unpaired) electrons. The Morgan fingerprint density at radius 3 is 2.25 bits per heavy atom. The van der Waals surface area contributed by atoms with E-state index >= 15 is 0 Å². The predicted octanol–water partition coefficient (Wildman–Crippen LogP) is 3.30. The highest BCUT2D eigenvalue weighted by atomic mass is 32.2. The molecule has 1 aromatic heterocycles. The lowest BCUT2D eigenvalue weighted by Gasteiger charge is -2.35. The van der Waals surface area contributed by atoms with Crippen LogP contribution in [0.1, 0.15) is 19.4 Å². The van der Waals surface area contributed by atoms with Gasteiger partial charge in [0.05, 0.1) is 4.90 Å². The predicted molar refractivity (Wildman–Crippen MR) is 119 cm³/mol. The summed E-state index contributed by atoms with van der Waals surface area (Å²) in [4.78, 5) is 14.6. The summed E-state index contributed by atoms with van der Waals surface area (Å²) in [6.45, 7) is 3.24. The van der Waals surface area contributed by atoms with Crippen LogP contribution in [-0.2, 0) is 21.2 Å². The molecule has 0 spiro atoms. The summed E-state index contributed by atoms with van der Waals surface area (Å²) >= 11 is 0. The molecule has 0 aliphatic heterocycles. The number of hydroxylamine groups is 1. The average molecular weight is 456 g/mol. The zero-order chi connectivity index (χ0) is 23.2. The molecule has 168 valence electrons. The van der Waals surface area contributed by atoms with E-state index in [4.69, 9.17) is 4.74 Å². The summed E-state index contributed by atoms with van der Waals surface area (Å²) in [6.07, 6.45) is 3.16. The molecule has 2 aromatic carbocycles. The van der Waals surface area contributed by atoms with E-state index in [1.165, 1.54) is 29.7 Å². The van der Waals surface area contributed by atoms with Crippen LogP contribution in [-0.4, -0.2) is 29.4 Å². The number of ether oxygens (including phenoxy) is 1. The van der Waals surface area contributed by atoms with Crippen molar-refractivity contribution in [2.75, 3.05) is 0 Å². The van der Waals surface area contributed by atoms with Gasteiger partial charge in [-0.2, -0.15) is 0 Å². The molecule has 0 aliphatic rings. The maximum Gasteiger partial charge on any atom is 0.280 e. The van der Waals surface area contributed by atoms with Crippen molar-refractivity contribution in [1.29, 1.82) is 0 Å². The van der Waals surface area contributed by atoms with Gasteiger partial charge in [-0.15, -0.1) is 0 Å². The molecule has 0 unspecified atom stereocenters. The Bertz CT molecular complexity index is 1140. The molecule has 32 heavy (non-hydrogen) atoms. The number of carbonyl (C=O) groups excluding carboxylic acids is 1. The Morgan fingerprint density at radius 1 is 1.03 bits per heavy atom. The summed E-state index contributed by atoms with van der Waals surface area (Å²) in [6, 6.07) is 18.3. The standard InChI is InChI=1S/C23H25N3O5S/c1-17(2)23(22(27)26-28,25-16-18-7-6-14-24-15-18)32(29,30)21-12-10-20(11-13-21)31-19-8-4-3-5-9-19/h3-15,17,25,28H,16H2,1-2H3,(H,26,27)/t23-/m1/s1. The Labute approximate surface area is 187 Å². The van der Waals surface area contributed by atoms with Crippen LogP contribution in [0.3, 0.4) is 0 Å². The van der Waals surface area contributed by atoms with Crippen molar-refractivity contribution >= 4 is 15.7 Å². The van der Waals surface area contributed by atoms with Crippen LogP contribution < -0.4 is 15.5 Å². The first kappa shape index (κ1) is 23.4. The normalized spacial score (nSPS) is 13.4. The number of benzene rings is 2. The van der Waals surface area contributed by atoms with E-state index in [-0.39, 0.29) is 11.4 Å². The second kappa shape index (κ2) is 9.90. The number of rotatable bonds is 9. The molecule has 1 heterocycles. The summed E-state index contributed by atoms with van der Waals surface area (Å²) in [7, 11) is -4.29. The van der Waals surface area contributed by atoms with Crippen LogP contribution in [0.4, 0.5) is 0 Å². The molecule has 9 heteroatoms. The fraction of sp³-hybridized carbons (Fsp3) is 0.217. The minimum Gasteiger partial charge on any atom is -0.457 e. The second-order valence-electron chi connectivity index (χ2n) is 7.44. The van der Waals surface area contributed by atoms with Gasteiger partial charge in [0.15, 0.2) is 0 Å². The van der Waals surface area contributed by atoms with Crippen molar-refractivity contribution in [2.24, 2.45) is 5.92 Å². The fourth-order valence-electron chi connectivity index (χ4n) is 3.39. The summed E-state index contributed by atoms with van der Waals surface area (Å²) in [5, 5.41) is 12.3. The number of nitrogens with one attached hydrogen (secondary N) is 2. The third-order valence-corrected chi connectivity index (χ3v) is 7.61. The number of carbonyl (C=O) groups is 1. The van der Waals surface area contributed by atoms with Gasteiger partial charge < -0.3 is 4.74 Å². The Morgan fingerprint density at radius 2 is 1.69 bits per heavy atom. The Hall–Kier alpha value is -3.27. The zero-order valence-electron chi connectivity index (χ0n) is 17.7. The number of hydrogen-bond donors (Lipinski definition) is 3. The lowest BCUT2D eigenvalue weighted by atomic mass is 10.0. The van der Waals surface area contributed by atoms with Gasteiger partial charge in [-0.3, -0.25) is 20.3 Å². The topological polar surface area (TPSA) is 118 Å². The molecular formula is C23H25N3O5S. The Kier molecular flexibility index (Phi) is 7.24. The highest BCUT2D eigenvalue weighted by Crippen LogP contribution is 2.33. The van der Waals surface area contributed by atoms with Crippen LogP contribution >= 0.6 is 0 Å². The number of aromatic nitrogens is 1. The molecular weight excluding hydrogens is 430 g/mol. The lowest BCUT2D eigenvalue weighted by molar-refractivity contribution is -0.134. The second-order valence-corrected chi connectivity index (χ2v) is 9.56. The molecule has 3 aromatic rings. The van der Waals surface area contributed by atoms with E-state index in [0.717, 1.165) is 0 Å². The van der Waals surface area contributed by atoms with Gasteiger partial charge in [-0.25, -0.2) is 13.9 Å². The molecule has 1 amide bonds. The summed E-state index contributed by atoms with van der Waals surface area (Å²) < 4.78 is 33.1. The van der Waals surface area contributed by atoms with Gasteiger partial charge in [-0.1, -0.05) is 38.1 Å². The minimum absolute atomic E-state index is 0.0495. The number of nitrogens with zero attached hydrogens (tertiary/aromatic N) is 1. The molecule has 0 bridgehead atoms. The molecule has 8 nitrogen and oxygen atoms in total. The van der Waals surface area contributed by atoms with Gasteiger partial charge in [0.25, 0.3) is 5.91 Å².